The van der Waals surface area contributed by atoms with Crippen molar-refractivity contribution in [3.8, 4) is 0 Å². The molecule has 6 heteroatoms. The van der Waals surface area contributed by atoms with E-state index < -0.39 is 6.04 Å². The molecule has 0 aliphatic rings. The third-order valence-electron chi connectivity index (χ3n) is 3.83. The van der Waals surface area contributed by atoms with Crippen LogP contribution in [0.25, 0.3) is 0 Å². The van der Waals surface area contributed by atoms with Gasteiger partial charge in [0.15, 0.2) is 0 Å². The molecule has 2 aromatic rings. The van der Waals surface area contributed by atoms with Crippen LogP contribution in [0, 0.1) is 6.92 Å². The third-order valence-corrected chi connectivity index (χ3v) is 4.24. The van der Waals surface area contributed by atoms with Crippen LogP contribution in [0.3, 0.4) is 0 Å². The summed E-state index contributed by atoms with van der Waals surface area (Å²) in [5.41, 5.74) is 8.38. The molecule has 0 saturated carbocycles. The first-order valence-electron chi connectivity index (χ1n) is 8.09. The summed E-state index contributed by atoms with van der Waals surface area (Å²) >= 11 is 6.02. The molecule has 0 saturated heterocycles. The summed E-state index contributed by atoms with van der Waals surface area (Å²) in [6, 6.07) is 14.3. The van der Waals surface area contributed by atoms with Crippen molar-refractivity contribution in [3.63, 3.8) is 0 Å². The highest BCUT2D eigenvalue weighted by Gasteiger charge is 2.14. The van der Waals surface area contributed by atoms with Gasteiger partial charge in [0, 0.05) is 23.7 Å². The number of hydrogen-bond acceptors (Lipinski definition) is 3. The fraction of sp³-hybridized carbons (Fsp3) is 0.263. The van der Waals surface area contributed by atoms with E-state index >= 15 is 0 Å². The lowest BCUT2D eigenvalue weighted by Crippen LogP contribution is -2.42. The van der Waals surface area contributed by atoms with Crippen molar-refractivity contribution < 1.29 is 9.59 Å². The Kier molecular flexibility index (Phi) is 6.98. The Hall–Kier alpha value is -2.37. The smallest absolute Gasteiger partial charge is 0.237 e. The van der Waals surface area contributed by atoms with E-state index in [0.29, 0.717) is 17.1 Å². The van der Waals surface area contributed by atoms with Gasteiger partial charge in [-0.15, -0.1) is 0 Å². The summed E-state index contributed by atoms with van der Waals surface area (Å²) in [7, 11) is 0. The SMILES string of the molecule is Cc1c(Cl)cccc1NC(=O)CCNC(=O)[C@@H](N)Cc1ccccc1. The van der Waals surface area contributed by atoms with Crippen LogP contribution in [0.4, 0.5) is 5.69 Å². The zero-order valence-corrected chi connectivity index (χ0v) is 14.8. The topological polar surface area (TPSA) is 84.2 Å². The normalized spacial score (nSPS) is 11.6. The predicted octanol–water partition coefficient (Wildman–Crippen LogP) is 2.66. The number of nitrogens with two attached hydrogens (primary N) is 1. The number of hydrogen-bond donors (Lipinski definition) is 3. The van der Waals surface area contributed by atoms with Crippen LogP contribution in [0.2, 0.25) is 5.02 Å². The molecule has 132 valence electrons. The molecular weight excluding hydrogens is 338 g/mol. The number of benzene rings is 2. The van der Waals surface area contributed by atoms with E-state index in [1.54, 1.807) is 18.2 Å². The van der Waals surface area contributed by atoms with Crippen molar-refractivity contribution >= 4 is 29.1 Å². The second kappa shape index (κ2) is 9.20. The Bertz CT molecular complexity index is 735. The predicted molar refractivity (Wildman–Crippen MR) is 101 cm³/mol. The highest BCUT2D eigenvalue weighted by molar-refractivity contribution is 6.31. The standard InChI is InChI=1S/C19H22ClN3O2/c1-13-15(20)8-5-9-17(13)23-18(24)10-11-22-19(25)16(21)12-14-6-3-2-4-7-14/h2-9,16H,10-12,21H2,1H3,(H,22,25)(H,23,24)/t16-/m0/s1. The van der Waals surface area contributed by atoms with E-state index in [4.69, 9.17) is 17.3 Å². The largest absolute Gasteiger partial charge is 0.354 e. The minimum atomic E-state index is -0.638. The minimum Gasteiger partial charge on any atom is -0.354 e. The molecule has 0 radical (unpaired) electrons. The summed E-state index contributed by atoms with van der Waals surface area (Å²) in [6.07, 6.45) is 0.621. The highest BCUT2D eigenvalue weighted by atomic mass is 35.5. The monoisotopic (exact) mass is 359 g/mol. The molecule has 25 heavy (non-hydrogen) atoms. The number of carbonyl (C=O) groups is 2. The van der Waals surface area contributed by atoms with E-state index in [1.807, 2.05) is 37.3 Å². The van der Waals surface area contributed by atoms with Gasteiger partial charge in [-0.05, 0) is 36.6 Å². The van der Waals surface area contributed by atoms with Gasteiger partial charge in [-0.25, -0.2) is 0 Å². The van der Waals surface area contributed by atoms with Crippen LogP contribution in [-0.2, 0) is 16.0 Å². The van der Waals surface area contributed by atoms with Crippen LogP contribution in [0.15, 0.2) is 48.5 Å². The molecule has 0 aliphatic carbocycles. The molecule has 0 unspecified atom stereocenters. The Morgan fingerprint density at radius 1 is 1.12 bits per heavy atom. The summed E-state index contributed by atoms with van der Waals surface area (Å²) < 4.78 is 0. The van der Waals surface area contributed by atoms with E-state index in [0.717, 1.165) is 11.1 Å². The molecule has 0 bridgehead atoms. The quantitative estimate of drug-likeness (QED) is 0.710. The molecule has 4 N–H and O–H groups in total. The van der Waals surface area contributed by atoms with E-state index in [-0.39, 0.29) is 24.8 Å². The van der Waals surface area contributed by atoms with Crippen LogP contribution < -0.4 is 16.4 Å². The zero-order valence-electron chi connectivity index (χ0n) is 14.1. The lowest BCUT2D eigenvalue weighted by atomic mass is 10.1. The first-order valence-corrected chi connectivity index (χ1v) is 8.47. The third kappa shape index (κ3) is 5.89. The molecule has 0 aromatic heterocycles. The number of rotatable bonds is 7. The lowest BCUT2D eigenvalue weighted by molar-refractivity contribution is -0.122. The van der Waals surface area contributed by atoms with Gasteiger partial charge in [0.05, 0.1) is 6.04 Å². The van der Waals surface area contributed by atoms with Crippen LogP contribution in [0.5, 0.6) is 0 Å². The summed E-state index contributed by atoms with van der Waals surface area (Å²) in [5.74, 6) is -0.460. The van der Waals surface area contributed by atoms with Gasteiger partial charge < -0.3 is 16.4 Å². The molecule has 0 spiro atoms. The Labute approximate surface area is 152 Å². The fourth-order valence-electron chi connectivity index (χ4n) is 2.35. The first-order chi connectivity index (χ1) is 12.0. The van der Waals surface area contributed by atoms with Crippen molar-refractivity contribution in [2.45, 2.75) is 25.8 Å². The lowest BCUT2D eigenvalue weighted by Gasteiger charge is -2.13. The van der Waals surface area contributed by atoms with E-state index in [9.17, 15) is 9.59 Å². The Morgan fingerprint density at radius 3 is 2.56 bits per heavy atom. The number of amides is 2. The molecular formula is C19H22ClN3O2. The second-order valence-corrected chi connectivity index (χ2v) is 6.21. The number of carbonyl (C=O) groups excluding carboxylic acids is 2. The number of anilines is 1. The molecule has 0 fully saturated rings. The molecule has 2 aromatic carbocycles. The second-order valence-electron chi connectivity index (χ2n) is 5.80. The maximum absolute atomic E-state index is 12.0. The van der Waals surface area contributed by atoms with Gasteiger partial charge in [0.2, 0.25) is 11.8 Å². The van der Waals surface area contributed by atoms with Crippen LogP contribution in [-0.4, -0.2) is 24.4 Å². The van der Waals surface area contributed by atoms with Gasteiger partial charge in [-0.1, -0.05) is 48.0 Å². The zero-order chi connectivity index (χ0) is 18.2. The Morgan fingerprint density at radius 2 is 1.84 bits per heavy atom. The average molecular weight is 360 g/mol. The molecule has 2 rings (SSSR count). The number of halogens is 1. The van der Waals surface area contributed by atoms with Gasteiger partial charge >= 0.3 is 0 Å². The Balaban J connectivity index is 1.75. The molecule has 0 aliphatic heterocycles. The van der Waals surface area contributed by atoms with Crippen molar-refractivity contribution in [1.29, 1.82) is 0 Å². The minimum absolute atomic E-state index is 0.162. The molecule has 1 atom stereocenters. The first kappa shape index (κ1) is 19.0. The molecule has 2 amide bonds. The van der Waals surface area contributed by atoms with Crippen LogP contribution >= 0.6 is 11.6 Å². The van der Waals surface area contributed by atoms with Gasteiger partial charge in [-0.2, -0.15) is 0 Å². The average Bonchev–Trinajstić information content (AvgIpc) is 2.59. The summed E-state index contributed by atoms with van der Waals surface area (Å²) in [4.78, 5) is 24.0. The summed E-state index contributed by atoms with van der Waals surface area (Å²) in [6.45, 7) is 2.06. The molecule has 5 nitrogen and oxygen atoms in total. The van der Waals surface area contributed by atoms with Crippen molar-refractivity contribution in [1.82, 2.24) is 5.32 Å². The fourth-order valence-corrected chi connectivity index (χ4v) is 2.52. The maximum atomic E-state index is 12.0. The van der Waals surface area contributed by atoms with Gasteiger partial charge in [0.1, 0.15) is 0 Å². The summed E-state index contributed by atoms with van der Waals surface area (Å²) in [5, 5.41) is 6.08. The van der Waals surface area contributed by atoms with Crippen molar-refractivity contribution in [3.05, 3.63) is 64.7 Å². The highest BCUT2D eigenvalue weighted by Crippen LogP contribution is 2.22. The van der Waals surface area contributed by atoms with Crippen LogP contribution in [0.1, 0.15) is 17.5 Å². The van der Waals surface area contributed by atoms with Crippen molar-refractivity contribution in [2.75, 3.05) is 11.9 Å². The van der Waals surface area contributed by atoms with Gasteiger partial charge in [0.25, 0.3) is 0 Å². The van der Waals surface area contributed by atoms with E-state index in [2.05, 4.69) is 10.6 Å². The van der Waals surface area contributed by atoms with E-state index in [1.165, 1.54) is 0 Å². The number of nitrogens with one attached hydrogen (secondary N) is 2. The maximum Gasteiger partial charge on any atom is 0.237 e. The van der Waals surface area contributed by atoms with Gasteiger partial charge in [-0.3, -0.25) is 9.59 Å². The molecule has 0 heterocycles. The van der Waals surface area contributed by atoms with Crippen molar-refractivity contribution in [2.24, 2.45) is 5.73 Å².